The molecule has 1 amide bonds. The van der Waals surface area contributed by atoms with Crippen LogP contribution in [0.25, 0.3) is 0 Å². The Morgan fingerprint density at radius 1 is 0.393 bits per heavy atom. The third kappa shape index (κ3) is 55.0. The summed E-state index contributed by atoms with van der Waals surface area (Å²) in [6.45, 7) is 3.64. The largest absolute Gasteiger partial charge is 0.394 e. The van der Waals surface area contributed by atoms with Crippen molar-refractivity contribution in [3.05, 3.63) is 170 Å². The number of amides is 1. The summed E-state index contributed by atoms with van der Waals surface area (Å²) in [4.78, 5) is 13.1. The second-order valence-corrected chi connectivity index (χ2v) is 23.9. The van der Waals surface area contributed by atoms with Gasteiger partial charge in [-0.25, -0.2) is 0 Å². The Morgan fingerprint density at radius 2 is 0.708 bits per heavy atom. The molecular formula is C80H131NO8. The van der Waals surface area contributed by atoms with Crippen LogP contribution in [-0.4, -0.2) is 87.5 Å². The summed E-state index contributed by atoms with van der Waals surface area (Å²) in [7, 11) is 0. The van der Waals surface area contributed by atoms with Crippen LogP contribution < -0.4 is 5.32 Å². The molecule has 1 aliphatic rings. The molecular weight excluding hydrogens is 1100 g/mol. The van der Waals surface area contributed by atoms with Gasteiger partial charge in [-0.3, -0.25) is 4.79 Å². The number of carbonyl (C=O) groups is 1. The van der Waals surface area contributed by atoms with Gasteiger partial charge in [-0.05, 0) is 122 Å². The van der Waals surface area contributed by atoms with Gasteiger partial charge in [-0.2, -0.15) is 0 Å². The summed E-state index contributed by atoms with van der Waals surface area (Å²) < 4.78 is 11.3. The van der Waals surface area contributed by atoms with Crippen molar-refractivity contribution in [3.8, 4) is 0 Å². The molecule has 89 heavy (non-hydrogen) atoms. The predicted octanol–water partition coefficient (Wildman–Crippen LogP) is 20.1. The van der Waals surface area contributed by atoms with E-state index in [1.54, 1.807) is 6.08 Å². The van der Waals surface area contributed by atoms with Crippen LogP contribution in [0.15, 0.2) is 170 Å². The van der Waals surface area contributed by atoms with E-state index < -0.39 is 49.5 Å². The highest BCUT2D eigenvalue weighted by Crippen LogP contribution is 2.23. The monoisotopic (exact) mass is 1230 g/mol. The minimum absolute atomic E-state index is 0.229. The Kier molecular flexibility index (Phi) is 61.7. The Balaban J connectivity index is 2.23. The number of allylic oxidation sites excluding steroid dienone is 27. The number of ether oxygens (including phenoxy) is 2. The molecule has 0 aromatic carbocycles. The molecule has 1 rings (SSSR count). The van der Waals surface area contributed by atoms with Crippen molar-refractivity contribution in [1.82, 2.24) is 5.32 Å². The first-order valence-electron chi connectivity index (χ1n) is 35.9. The number of carbonyl (C=O) groups excluding carboxylic acids is 1. The third-order valence-corrected chi connectivity index (χ3v) is 15.8. The lowest BCUT2D eigenvalue weighted by Gasteiger charge is -2.40. The average molecular weight is 1230 g/mol. The Hall–Kier alpha value is -4.45. The van der Waals surface area contributed by atoms with Crippen LogP contribution in [0, 0.1) is 0 Å². The van der Waals surface area contributed by atoms with Crippen LogP contribution in [0.5, 0.6) is 0 Å². The summed E-state index contributed by atoms with van der Waals surface area (Å²) in [5.74, 6) is -0.234. The average Bonchev–Trinajstić information content (AvgIpc) is 2.42. The van der Waals surface area contributed by atoms with Crippen molar-refractivity contribution in [2.45, 2.75) is 314 Å². The fourth-order valence-corrected chi connectivity index (χ4v) is 10.2. The number of unbranched alkanes of at least 4 members (excludes halogenated alkanes) is 24. The second kappa shape index (κ2) is 66.5. The van der Waals surface area contributed by atoms with Gasteiger partial charge in [0, 0.05) is 6.42 Å². The molecule has 1 heterocycles. The zero-order chi connectivity index (χ0) is 64.2. The van der Waals surface area contributed by atoms with Gasteiger partial charge < -0.3 is 40.3 Å². The van der Waals surface area contributed by atoms with Crippen molar-refractivity contribution in [3.63, 3.8) is 0 Å². The highest BCUT2D eigenvalue weighted by molar-refractivity contribution is 5.76. The lowest BCUT2D eigenvalue weighted by Crippen LogP contribution is -2.60. The number of rotatable bonds is 60. The van der Waals surface area contributed by atoms with Gasteiger partial charge >= 0.3 is 0 Å². The third-order valence-electron chi connectivity index (χ3n) is 15.8. The Labute approximate surface area is 545 Å². The molecule has 9 heteroatoms. The van der Waals surface area contributed by atoms with Crippen molar-refractivity contribution in [2.24, 2.45) is 0 Å². The molecule has 0 saturated carbocycles. The van der Waals surface area contributed by atoms with Crippen LogP contribution in [0.1, 0.15) is 271 Å². The number of aliphatic hydroxyl groups excluding tert-OH is 5. The van der Waals surface area contributed by atoms with E-state index in [1.807, 2.05) is 6.08 Å². The zero-order valence-electron chi connectivity index (χ0n) is 56.4. The molecule has 1 fully saturated rings. The highest BCUT2D eigenvalue weighted by Gasteiger charge is 2.44. The highest BCUT2D eigenvalue weighted by atomic mass is 16.7. The van der Waals surface area contributed by atoms with Gasteiger partial charge in [-0.1, -0.05) is 312 Å². The first-order chi connectivity index (χ1) is 43.8. The maximum Gasteiger partial charge on any atom is 0.220 e. The lowest BCUT2D eigenvalue weighted by atomic mass is 9.99. The summed E-state index contributed by atoms with van der Waals surface area (Å²) >= 11 is 0. The molecule has 1 saturated heterocycles. The van der Waals surface area contributed by atoms with Gasteiger partial charge in [0.2, 0.25) is 5.91 Å². The molecule has 0 aliphatic carbocycles. The fraction of sp³-hybridized carbons (Fsp3) is 0.637. The van der Waals surface area contributed by atoms with E-state index in [0.29, 0.717) is 6.42 Å². The molecule has 0 radical (unpaired) electrons. The summed E-state index contributed by atoms with van der Waals surface area (Å²) in [5, 5.41) is 54.7. The lowest BCUT2D eigenvalue weighted by molar-refractivity contribution is -0.302. The minimum Gasteiger partial charge on any atom is -0.394 e. The van der Waals surface area contributed by atoms with E-state index in [0.717, 1.165) is 109 Å². The van der Waals surface area contributed by atoms with E-state index in [9.17, 15) is 30.3 Å². The summed E-state index contributed by atoms with van der Waals surface area (Å²) in [6, 6.07) is -0.860. The van der Waals surface area contributed by atoms with E-state index in [1.165, 1.54) is 135 Å². The topological polar surface area (TPSA) is 149 Å². The maximum absolute atomic E-state index is 13.1. The maximum atomic E-state index is 13.1. The molecule has 0 aromatic rings. The van der Waals surface area contributed by atoms with Gasteiger partial charge in [0.1, 0.15) is 24.4 Å². The second-order valence-electron chi connectivity index (χ2n) is 23.9. The normalized spacial score (nSPS) is 18.9. The van der Waals surface area contributed by atoms with E-state index in [2.05, 4.69) is 177 Å². The number of aliphatic hydroxyl groups is 5. The SMILES string of the molecule is CC/C=C\C/C=C\C/C=C\C/C=C\C/C=C\C/C=C\C/C=C\C/C=C\C/C=C\C/C=C\C/C=C\C/C=C\CCCCC(=O)NC(COC1OC(CO)C(O)C(O)C1O)C(O)/C=C/CC/C=C/CCCCCCCCCCCCCCCCCCCCCCC. The van der Waals surface area contributed by atoms with E-state index in [4.69, 9.17) is 9.47 Å². The predicted molar refractivity (Wildman–Crippen MR) is 382 cm³/mol. The van der Waals surface area contributed by atoms with Crippen molar-refractivity contribution in [2.75, 3.05) is 13.2 Å². The zero-order valence-corrected chi connectivity index (χ0v) is 56.4. The molecule has 6 N–H and O–H groups in total. The number of nitrogens with one attached hydrogen (secondary N) is 1. The standard InChI is InChI=1S/C80H131NO8/c1-3-5-7-9-11-13-15-17-19-21-23-25-27-29-31-32-33-34-35-36-37-38-39-40-41-42-44-46-48-50-52-54-56-58-60-62-64-66-68-70-76(84)81-73(72-88-80-79(87)78(86)77(85)75(71-82)89-80)74(83)69-67-65-63-61-59-57-55-53-51-49-47-45-43-30-28-26-24-22-20-18-16-14-12-10-8-6-4-2/h5,7,11,13,17,19,23,25,29,31,33-34,36-37,39-40,42,44,48,50,54,56,59-62,67,69,73-75,77-80,82-83,85-87H,3-4,6,8-10,12,14-16,18,20-22,24,26-28,30,32,35,38,41,43,45-47,49,51-53,55,57-58,63-66,68,70-72H2,1-2H3,(H,81,84)/b7-5-,13-11-,19-17-,25-23-,31-29-,34-33-,37-36-,40-39-,44-42-,50-48-,56-54-,61-59+,62-60-,69-67+. The van der Waals surface area contributed by atoms with Gasteiger partial charge in [0.25, 0.3) is 0 Å². The van der Waals surface area contributed by atoms with Crippen LogP contribution in [0.4, 0.5) is 0 Å². The van der Waals surface area contributed by atoms with Crippen molar-refractivity contribution < 1.29 is 39.8 Å². The summed E-state index contributed by atoms with van der Waals surface area (Å²) in [6.07, 6.45) is 98.9. The van der Waals surface area contributed by atoms with Gasteiger partial charge in [0.05, 0.1) is 25.4 Å². The van der Waals surface area contributed by atoms with Crippen LogP contribution in [0.3, 0.4) is 0 Å². The molecule has 504 valence electrons. The molecule has 7 atom stereocenters. The van der Waals surface area contributed by atoms with Crippen LogP contribution >= 0.6 is 0 Å². The minimum atomic E-state index is -1.59. The first-order valence-corrected chi connectivity index (χ1v) is 35.9. The van der Waals surface area contributed by atoms with Crippen LogP contribution in [0.2, 0.25) is 0 Å². The van der Waals surface area contributed by atoms with Gasteiger partial charge in [0.15, 0.2) is 6.29 Å². The molecule has 0 bridgehead atoms. The van der Waals surface area contributed by atoms with Crippen molar-refractivity contribution >= 4 is 5.91 Å². The molecule has 0 spiro atoms. The molecule has 0 aromatic heterocycles. The van der Waals surface area contributed by atoms with Crippen LogP contribution in [-0.2, 0) is 14.3 Å². The first kappa shape index (κ1) is 82.6. The van der Waals surface area contributed by atoms with E-state index >= 15 is 0 Å². The molecule has 7 unspecified atom stereocenters. The number of hydrogen-bond acceptors (Lipinski definition) is 8. The quantitative estimate of drug-likeness (QED) is 0.0261. The fourth-order valence-electron chi connectivity index (χ4n) is 10.2. The van der Waals surface area contributed by atoms with Crippen molar-refractivity contribution in [1.29, 1.82) is 0 Å². The summed E-state index contributed by atoms with van der Waals surface area (Å²) in [5.41, 5.74) is 0. The Bertz CT molecular complexity index is 2020. The smallest absolute Gasteiger partial charge is 0.220 e. The molecule has 1 aliphatic heterocycles. The van der Waals surface area contributed by atoms with E-state index in [-0.39, 0.29) is 18.9 Å². The molecule has 9 nitrogen and oxygen atoms in total. The van der Waals surface area contributed by atoms with Gasteiger partial charge in [-0.15, -0.1) is 0 Å². The Morgan fingerprint density at radius 3 is 1.08 bits per heavy atom. The number of hydrogen-bond donors (Lipinski definition) is 6.